The first-order chi connectivity index (χ1) is 14.3. The van der Waals surface area contributed by atoms with Gasteiger partial charge < -0.3 is 19.7 Å². The third kappa shape index (κ3) is 4.77. The van der Waals surface area contributed by atoms with Gasteiger partial charge in [-0.2, -0.15) is 0 Å². The maximum atomic E-state index is 12.4. The number of carbonyl (C=O) groups is 1. The number of anilines is 1. The van der Waals surface area contributed by atoms with Gasteiger partial charge in [0.25, 0.3) is 0 Å². The summed E-state index contributed by atoms with van der Waals surface area (Å²) in [5, 5.41) is 3.61. The van der Waals surface area contributed by atoms with Crippen molar-refractivity contribution in [3.05, 3.63) is 47.0 Å². The van der Waals surface area contributed by atoms with Crippen LogP contribution in [0.25, 0.3) is 0 Å². The van der Waals surface area contributed by atoms with Crippen LogP contribution in [0.5, 0.6) is 11.5 Å². The van der Waals surface area contributed by atoms with Crippen LogP contribution in [0.1, 0.15) is 32.8 Å². The highest BCUT2D eigenvalue weighted by Gasteiger charge is 2.25. The summed E-state index contributed by atoms with van der Waals surface area (Å²) < 4.78 is 11.7. The van der Waals surface area contributed by atoms with Crippen LogP contribution in [0.15, 0.2) is 41.4 Å². The minimum atomic E-state index is -0.0831. The van der Waals surface area contributed by atoms with E-state index < -0.39 is 0 Å². The highest BCUT2D eigenvalue weighted by molar-refractivity contribution is 6.31. The molecule has 1 N–H and O–H groups in total. The van der Waals surface area contributed by atoms with E-state index in [-0.39, 0.29) is 11.3 Å². The van der Waals surface area contributed by atoms with Crippen molar-refractivity contribution in [2.24, 2.45) is 10.4 Å². The summed E-state index contributed by atoms with van der Waals surface area (Å²) >= 11 is 6.20. The van der Waals surface area contributed by atoms with Crippen LogP contribution in [0.2, 0.25) is 5.02 Å². The molecular formula is C23H26ClN3O3. The number of hydrogen-bond donors (Lipinski definition) is 1. The molecule has 2 heterocycles. The van der Waals surface area contributed by atoms with Gasteiger partial charge in [-0.25, -0.2) is 4.99 Å². The smallest absolute Gasteiger partial charge is 0.224 e. The normalized spacial score (nSPS) is 16.0. The number of rotatable bonds is 2. The van der Waals surface area contributed by atoms with Crippen molar-refractivity contribution in [3.8, 4) is 11.5 Å². The van der Waals surface area contributed by atoms with E-state index in [1.165, 1.54) is 0 Å². The third-order valence-corrected chi connectivity index (χ3v) is 5.11. The number of benzene rings is 2. The molecule has 6 nitrogen and oxygen atoms in total. The third-order valence-electron chi connectivity index (χ3n) is 4.87. The van der Waals surface area contributed by atoms with Gasteiger partial charge in [0.15, 0.2) is 5.75 Å². The topological polar surface area (TPSA) is 63.2 Å². The Morgan fingerprint density at radius 2 is 1.87 bits per heavy atom. The van der Waals surface area contributed by atoms with E-state index in [1.807, 2.05) is 45.0 Å². The highest BCUT2D eigenvalue weighted by atomic mass is 35.5. The molecule has 0 aromatic heterocycles. The van der Waals surface area contributed by atoms with Crippen molar-refractivity contribution < 1.29 is 14.3 Å². The fourth-order valence-electron chi connectivity index (χ4n) is 3.53. The minimum Gasteiger partial charge on any atom is -0.454 e. The molecular weight excluding hydrogens is 402 g/mol. The lowest BCUT2D eigenvalue weighted by molar-refractivity contribution is -0.117. The van der Waals surface area contributed by atoms with Crippen molar-refractivity contribution in [1.29, 1.82) is 0 Å². The monoisotopic (exact) mass is 427 g/mol. The van der Waals surface area contributed by atoms with Crippen LogP contribution in [-0.4, -0.2) is 42.9 Å². The van der Waals surface area contributed by atoms with E-state index in [0.29, 0.717) is 41.8 Å². The van der Waals surface area contributed by atoms with Gasteiger partial charge in [0, 0.05) is 30.2 Å². The van der Waals surface area contributed by atoms with E-state index in [1.54, 1.807) is 12.1 Å². The summed E-state index contributed by atoms with van der Waals surface area (Å²) in [7, 11) is 0. The molecule has 30 heavy (non-hydrogen) atoms. The molecule has 0 radical (unpaired) electrons. The largest absolute Gasteiger partial charge is 0.454 e. The molecule has 0 spiro atoms. The molecule has 2 aromatic rings. The average Bonchev–Trinajstić information content (AvgIpc) is 2.83. The Labute approximate surface area is 181 Å². The summed E-state index contributed by atoms with van der Waals surface area (Å²) in [6, 6.07) is 11.1. The number of halogens is 1. The predicted molar refractivity (Wildman–Crippen MR) is 119 cm³/mol. The summed E-state index contributed by atoms with van der Waals surface area (Å²) in [5.74, 6) is 2.11. The molecule has 2 aromatic carbocycles. The molecule has 2 aliphatic rings. The minimum absolute atomic E-state index is 0.0167. The van der Waals surface area contributed by atoms with Gasteiger partial charge in [0.2, 0.25) is 5.91 Å². The maximum absolute atomic E-state index is 12.4. The number of nitrogens with zero attached hydrogens (tertiary/aromatic N) is 2. The second-order valence-corrected chi connectivity index (χ2v) is 9.18. The molecule has 0 aliphatic carbocycles. The number of ether oxygens (including phenoxy) is 2. The highest BCUT2D eigenvalue weighted by Crippen LogP contribution is 2.40. The lowest BCUT2D eigenvalue weighted by Gasteiger charge is -2.30. The summed E-state index contributed by atoms with van der Waals surface area (Å²) in [4.78, 5) is 19.5. The van der Waals surface area contributed by atoms with Crippen molar-refractivity contribution in [3.63, 3.8) is 0 Å². The van der Waals surface area contributed by atoms with Gasteiger partial charge in [-0.15, -0.1) is 0 Å². The molecule has 4 rings (SSSR count). The molecule has 0 atom stereocenters. The number of hydrogen-bond acceptors (Lipinski definition) is 5. The molecule has 158 valence electrons. The summed E-state index contributed by atoms with van der Waals surface area (Å²) in [6.45, 7) is 8.87. The average molecular weight is 428 g/mol. The fourth-order valence-corrected chi connectivity index (χ4v) is 3.70. The summed E-state index contributed by atoms with van der Waals surface area (Å²) in [5.41, 5.74) is 2.15. The van der Waals surface area contributed by atoms with Crippen molar-refractivity contribution in [1.82, 2.24) is 4.90 Å². The molecule has 2 aliphatic heterocycles. The second-order valence-electron chi connectivity index (χ2n) is 8.75. The van der Waals surface area contributed by atoms with Gasteiger partial charge in [-0.3, -0.25) is 4.79 Å². The van der Waals surface area contributed by atoms with Gasteiger partial charge in [-0.05, 0) is 41.8 Å². The van der Waals surface area contributed by atoms with Gasteiger partial charge >= 0.3 is 0 Å². The quantitative estimate of drug-likeness (QED) is 0.712. The number of nitrogens with one attached hydrogen (secondary N) is 1. The van der Waals surface area contributed by atoms with Crippen LogP contribution in [0.3, 0.4) is 0 Å². The number of aliphatic imine (C=N–C) groups is 1. The van der Waals surface area contributed by atoms with E-state index in [2.05, 4.69) is 10.2 Å². The number of fused-ring (bicyclic) bond motifs is 2. The van der Waals surface area contributed by atoms with Crippen molar-refractivity contribution >= 4 is 34.7 Å². The van der Waals surface area contributed by atoms with Crippen LogP contribution in [0.4, 0.5) is 11.4 Å². The SMILES string of the molecule is CC(C)(C)CC(=O)Nc1ccc2c(c1)C(N1CCOCC1)=Nc1cc(Cl)ccc1O2. The van der Waals surface area contributed by atoms with Crippen molar-refractivity contribution in [2.75, 3.05) is 31.6 Å². The Balaban J connectivity index is 1.73. The number of amidine groups is 1. The first-order valence-electron chi connectivity index (χ1n) is 10.1. The fraction of sp³-hybridized carbons (Fsp3) is 0.391. The Hall–Kier alpha value is -2.57. The zero-order chi connectivity index (χ0) is 21.3. The van der Waals surface area contributed by atoms with Crippen molar-refractivity contribution in [2.45, 2.75) is 27.2 Å². The Morgan fingerprint density at radius 1 is 1.13 bits per heavy atom. The van der Waals surface area contributed by atoms with Gasteiger partial charge in [0.1, 0.15) is 17.3 Å². The molecule has 0 unspecified atom stereocenters. The molecule has 1 saturated heterocycles. The van der Waals surface area contributed by atoms with E-state index in [4.69, 9.17) is 26.1 Å². The van der Waals surface area contributed by atoms with Crippen LogP contribution < -0.4 is 10.1 Å². The lowest BCUT2D eigenvalue weighted by atomic mass is 9.92. The van der Waals surface area contributed by atoms with E-state index in [0.717, 1.165) is 30.2 Å². The molecule has 0 saturated carbocycles. The van der Waals surface area contributed by atoms with E-state index >= 15 is 0 Å². The van der Waals surface area contributed by atoms with Gasteiger partial charge in [0.05, 0.1) is 18.8 Å². The Morgan fingerprint density at radius 3 is 2.60 bits per heavy atom. The molecule has 7 heteroatoms. The zero-order valence-corrected chi connectivity index (χ0v) is 18.3. The molecule has 1 amide bonds. The molecule has 1 fully saturated rings. The summed E-state index contributed by atoms with van der Waals surface area (Å²) in [6.07, 6.45) is 0.439. The standard InChI is InChI=1S/C23H26ClN3O3/c1-23(2,3)14-21(28)25-16-5-7-19-17(13-16)22(27-8-10-29-11-9-27)26-18-12-15(24)4-6-20(18)30-19/h4-7,12-13H,8-11,14H2,1-3H3,(H,25,28). The number of carbonyl (C=O) groups excluding carboxylic acids is 1. The zero-order valence-electron chi connectivity index (χ0n) is 17.5. The van der Waals surface area contributed by atoms with Gasteiger partial charge in [-0.1, -0.05) is 32.4 Å². The Bertz CT molecular complexity index is 992. The number of morpholine rings is 1. The van der Waals surface area contributed by atoms with Crippen LogP contribution in [0, 0.1) is 5.41 Å². The molecule has 0 bridgehead atoms. The first kappa shape index (κ1) is 20.7. The predicted octanol–water partition coefficient (Wildman–Crippen LogP) is 5.23. The first-order valence-corrected chi connectivity index (χ1v) is 10.5. The lowest BCUT2D eigenvalue weighted by Crippen LogP contribution is -2.41. The maximum Gasteiger partial charge on any atom is 0.224 e. The van der Waals surface area contributed by atoms with Crippen LogP contribution >= 0.6 is 11.6 Å². The Kier molecular flexibility index (Phi) is 5.71. The van der Waals surface area contributed by atoms with Crippen LogP contribution in [-0.2, 0) is 9.53 Å². The van der Waals surface area contributed by atoms with E-state index in [9.17, 15) is 4.79 Å². The number of amides is 1. The second kappa shape index (κ2) is 8.28.